The van der Waals surface area contributed by atoms with Gasteiger partial charge in [-0.25, -0.2) is 0 Å². The quantitative estimate of drug-likeness (QED) is 0.495. The molecule has 120 valence electrons. The van der Waals surface area contributed by atoms with E-state index in [4.69, 9.17) is 16.0 Å². The van der Waals surface area contributed by atoms with Gasteiger partial charge in [-0.05, 0) is 31.2 Å². The van der Waals surface area contributed by atoms with E-state index in [1.165, 1.54) is 24.5 Å². The van der Waals surface area contributed by atoms with Gasteiger partial charge in [0.2, 0.25) is 0 Å². The molecule has 0 fully saturated rings. The lowest BCUT2D eigenvalue weighted by atomic mass is 10.1. The van der Waals surface area contributed by atoms with Crippen molar-refractivity contribution in [1.29, 1.82) is 0 Å². The highest BCUT2D eigenvalue weighted by Gasteiger charge is 2.23. The molecule has 2 aromatic rings. The van der Waals surface area contributed by atoms with Crippen molar-refractivity contribution in [3.05, 3.63) is 63.1 Å². The third-order valence-corrected chi connectivity index (χ3v) is 3.30. The van der Waals surface area contributed by atoms with Crippen LogP contribution in [-0.4, -0.2) is 22.7 Å². The van der Waals surface area contributed by atoms with Crippen LogP contribution in [0.1, 0.15) is 34.3 Å². The third-order valence-electron chi connectivity index (χ3n) is 3.07. The fourth-order valence-electron chi connectivity index (χ4n) is 2.02. The van der Waals surface area contributed by atoms with Gasteiger partial charge in [-0.3, -0.25) is 19.7 Å². The molecule has 1 aromatic carbocycles. The largest absolute Gasteiger partial charge is 0.461 e. The maximum absolute atomic E-state index is 12.2. The van der Waals surface area contributed by atoms with E-state index in [0.29, 0.717) is 0 Å². The molecule has 7 nitrogen and oxygen atoms in total. The lowest BCUT2D eigenvalue weighted by molar-refractivity contribution is -0.385. The molecule has 2 rings (SSSR count). The molecular formula is C15H13ClN2O5. The summed E-state index contributed by atoms with van der Waals surface area (Å²) in [4.78, 5) is 34.4. The summed E-state index contributed by atoms with van der Waals surface area (Å²) in [5.74, 6) is -0.718. The predicted molar refractivity (Wildman–Crippen MR) is 82.7 cm³/mol. The van der Waals surface area contributed by atoms with Gasteiger partial charge in [0.05, 0.1) is 11.2 Å². The van der Waals surface area contributed by atoms with Crippen LogP contribution in [0.25, 0.3) is 0 Å². The Morgan fingerprint density at radius 3 is 2.74 bits per heavy atom. The number of nitrogens with one attached hydrogen (secondary N) is 1. The van der Waals surface area contributed by atoms with E-state index in [2.05, 4.69) is 5.32 Å². The maximum atomic E-state index is 12.2. The molecule has 0 saturated carbocycles. The Labute approximate surface area is 136 Å². The number of rotatable bonds is 6. The van der Waals surface area contributed by atoms with Crippen molar-refractivity contribution in [3.8, 4) is 0 Å². The summed E-state index contributed by atoms with van der Waals surface area (Å²) in [6.07, 6.45) is 1.40. The Bertz CT molecular complexity index is 742. The van der Waals surface area contributed by atoms with Crippen LogP contribution in [0, 0.1) is 10.1 Å². The van der Waals surface area contributed by atoms with E-state index >= 15 is 0 Å². The SMILES string of the molecule is C[C@@H](CC(=O)c1ccco1)NC(=O)c1ccc(Cl)cc1[N+](=O)[O-]. The molecule has 0 aliphatic heterocycles. The number of furan rings is 1. The van der Waals surface area contributed by atoms with Gasteiger partial charge in [-0.2, -0.15) is 0 Å². The van der Waals surface area contributed by atoms with Gasteiger partial charge in [0.1, 0.15) is 5.56 Å². The molecule has 1 amide bonds. The third kappa shape index (κ3) is 4.17. The van der Waals surface area contributed by atoms with Crippen LogP contribution < -0.4 is 5.32 Å². The Kier molecular flexibility index (Phi) is 5.13. The standard InChI is InChI=1S/C15H13ClN2O5/c1-9(7-13(19)14-3-2-6-23-14)17-15(20)11-5-4-10(16)8-12(11)18(21)22/h2-6,8-9H,7H2,1H3,(H,17,20)/t9-/m0/s1. The molecule has 8 heteroatoms. The van der Waals surface area contributed by atoms with Gasteiger partial charge in [0.15, 0.2) is 11.5 Å². The minimum Gasteiger partial charge on any atom is -0.461 e. The topological polar surface area (TPSA) is 102 Å². The molecular weight excluding hydrogens is 324 g/mol. The second-order valence-electron chi connectivity index (χ2n) is 4.90. The zero-order valence-electron chi connectivity index (χ0n) is 12.1. The Morgan fingerprint density at radius 1 is 1.39 bits per heavy atom. The smallest absolute Gasteiger partial charge is 0.283 e. The first-order valence-electron chi connectivity index (χ1n) is 6.70. The van der Waals surface area contributed by atoms with Crippen molar-refractivity contribution in [2.45, 2.75) is 19.4 Å². The Balaban J connectivity index is 2.07. The van der Waals surface area contributed by atoms with Crippen molar-refractivity contribution < 1.29 is 18.9 Å². The molecule has 0 bridgehead atoms. The van der Waals surface area contributed by atoms with Gasteiger partial charge in [-0.15, -0.1) is 0 Å². The van der Waals surface area contributed by atoms with E-state index in [0.717, 1.165) is 6.07 Å². The summed E-state index contributed by atoms with van der Waals surface area (Å²) in [6, 6.07) is 6.37. The number of carbonyl (C=O) groups is 2. The van der Waals surface area contributed by atoms with Crippen molar-refractivity contribution in [1.82, 2.24) is 5.32 Å². The van der Waals surface area contributed by atoms with E-state index in [1.54, 1.807) is 13.0 Å². The van der Waals surface area contributed by atoms with E-state index in [-0.39, 0.29) is 34.2 Å². The number of carbonyl (C=O) groups excluding carboxylic acids is 2. The maximum Gasteiger partial charge on any atom is 0.283 e. The zero-order chi connectivity index (χ0) is 17.0. The molecule has 1 heterocycles. The summed E-state index contributed by atoms with van der Waals surface area (Å²) in [6.45, 7) is 1.63. The molecule has 1 N–H and O–H groups in total. The summed E-state index contributed by atoms with van der Waals surface area (Å²) < 4.78 is 4.98. The Hall–Kier alpha value is -2.67. The molecule has 0 saturated heterocycles. The lowest BCUT2D eigenvalue weighted by Crippen LogP contribution is -2.34. The number of nitro benzene ring substituents is 1. The highest BCUT2D eigenvalue weighted by atomic mass is 35.5. The fraction of sp³-hybridized carbons (Fsp3) is 0.200. The number of amides is 1. The van der Waals surface area contributed by atoms with Crippen LogP contribution in [0.3, 0.4) is 0 Å². The molecule has 0 spiro atoms. The first-order chi connectivity index (χ1) is 10.9. The molecule has 0 aliphatic rings. The predicted octanol–water partition coefficient (Wildman–Crippen LogP) is 3.23. The number of hydrogen-bond acceptors (Lipinski definition) is 5. The fourth-order valence-corrected chi connectivity index (χ4v) is 2.18. The minimum atomic E-state index is -0.681. The minimum absolute atomic E-state index is 0.0145. The molecule has 1 atom stereocenters. The van der Waals surface area contributed by atoms with E-state index < -0.39 is 16.9 Å². The summed E-state index contributed by atoms with van der Waals surface area (Å²) >= 11 is 5.71. The molecule has 0 unspecified atom stereocenters. The average Bonchev–Trinajstić information content (AvgIpc) is 3.00. The number of halogens is 1. The molecule has 1 aromatic heterocycles. The number of nitrogens with zero attached hydrogens (tertiary/aromatic N) is 1. The summed E-state index contributed by atoms with van der Waals surface area (Å²) in [5.41, 5.74) is -0.503. The van der Waals surface area contributed by atoms with Crippen LogP contribution in [-0.2, 0) is 0 Å². The van der Waals surface area contributed by atoms with Gasteiger partial charge >= 0.3 is 0 Å². The van der Waals surface area contributed by atoms with Gasteiger partial charge in [0, 0.05) is 23.6 Å². The Morgan fingerprint density at radius 2 is 2.13 bits per heavy atom. The average molecular weight is 337 g/mol. The van der Waals surface area contributed by atoms with Crippen molar-refractivity contribution in [2.75, 3.05) is 0 Å². The molecule has 0 radical (unpaired) electrons. The number of hydrogen-bond donors (Lipinski definition) is 1. The van der Waals surface area contributed by atoms with Gasteiger partial charge < -0.3 is 9.73 Å². The lowest BCUT2D eigenvalue weighted by Gasteiger charge is -2.12. The number of ketones is 1. The molecule has 0 aliphatic carbocycles. The first-order valence-corrected chi connectivity index (χ1v) is 7.07. The van der Waals surface area contributed by atoms with Crippen LogP contribution in [0.2, 0.25) is 5.02 Å². The number of benzene rings is 1. The van der Waals surface area contributed by atoms with Gasteiger partial charge in [0.25, 0.3) is 11.6 Å². The van der Waals surface area contributed by atoms with Crippen molar-refractivity contribution in [2.24, 2.45) is 0 Å². The second kappa shape index (κ2) is 7.06. The highest BCUT2D eigenvalue weighted by Crippen LogP contribution is 2.23. The monoisotopic (exact) mass is 336 g/mol. The van der Waals surface area contributed by atoms with Crippen molar-refractivity contribution in [3.63, 3.8) is 0 Å². The van der Waals surface area contributed by atoms with Crippen LogP contribution >= 0.6 is 11.6 Å². The first kappa shape index (κ1) is 16.7. The number of Topliss-reactive ketones (excluding diaryl/α,β-unsaturated/α-hetero) is 1. The normalized spacial score (nSPS) is 11.7. The van der Waals surface area contributed by atoms with E-state index in [9.17, 15) is 19.7 Å². The van der Waals surface area contributed by atoms with Crippen LogP contribution in [0.4, 0.5) is 5.69 Å². The highest BCUT2D eigenvalue weighted by molar-refractivity contribution is 6.31. The van der Waals surface area contributed by atoms with Crippen molar-refractivity contribution >= 4 is 29.0 Å². The summed E-state index contributed by atoms with van der Waals surface area (Å²) in [7, 11) is 0. The van der Waals surface area contributed by atoms with E-state index in [1.807, 2.05) is 0 Å². The van der Waals surface area contributed by atoms with Crippen LogP contribution in [0.15, 0.2) is 41.0 Å². The van der Waals surface area contributed by atoms with Gasteiger partial charge in [-0.1, -0.05) is 11.6 Å². The second-order valence-corrected chi connectivity index (χ2v) is 5.33. The summed E-state index contributed by atoms with van der Waals surface area (Å²) in [5, 5.41) is 13.7. The molecule has 23 heavy (non-hydrogen) atoms. The van der Waals surface area contributed by atoms with Crippen LogP contribution in [0.5, 0.6) is 0 Å². The number of nitro groups is 1. The zero-order valence-corrected chi connectivity index (χ0v) is 12.9.